The van der Waals surface area contributed by atoms with Crippen molar-refractivity contribution in [3.05, 3.63) is 12.7 Å². The fraction of sp³-hybridized carbons (Fsp3) is 0.818. The fourth-order valence-electron chi connectivity index (χ4n) is 1.25. The van der Waals surface area contributed by atoms with Crippen LogP contribution in [0.1, 0.15) is 33.1 Å². The first-order chi connectivity index (χ1) is 8.58. The van der Waals surface area contributed by atoms with Gasteiger partial charge in [0.15, 0.2) is 0 Å². The number of hydrogen-bond acceptors (Lipinski definition) is 5. The van der Waals surface area contributed by atoms with Gasteiger partial charge in [-0.25, -0.2) is 0 Å². The van der Waals surface area contributed by atoms with Gasteiger partial charge < -0.3 is 9.05 Å². The van der Waals surface area contributed by atoms with E-state index in [1.807, 2.05) is 6.08 Å². The zero-order chi connectivity index (χ0) is 13.9. The third kappa shape index (κ3) is 8.96. The van der Waals surface area contributed by atoms with Crippen molar-refractivity contribution in [1.29, 1.82) is 0 Å². The molecule has 0 aliphatic rings. The van der Waals surface area contributed by atoms with Gasteiger partial charge in [-0.15, -0.1) is 11.1 Å². The molecular weight excluding hydrogens is 274 g/mol. The quantitative estimate of drug-likeness (QED) is 0.305. The summed E-state index contributed by atoms with van der Waals surface area (Å²) in [6, 6.07) is 0. The van der Waals surface area contributed by atoms with Crippen molar-refractivity contribution in [2.75, 3.05) is 25.7 Å². The van der Waals surface area contributed by atoms with E-state index in [0.717, 1.165) is 19.3 Å². The average Bonchev–Trinajstić information content (AvgIpc) is 2.29. The lowest BCUT2D eigenvalue weighted by Crippen LogP contribution is -1.99. The van der Waals surface area contributed by atoms with Crippen LogP contribution in [-0.2, 0) is 22.7 Å². The van der Waals surface area contributed by atoms with Crippen LogP contribution in [0.25, 0.3) is 0 Å². The van der Waals surface area contributed by atoms with Crippen molar-refractivity contribution in [2.24, 2.45) is 0 Å². The summed E-state index contributed by atoms with van der Waals surface area (Å²) in [5, 5.41) is 0. The maximum atomic E-state index is 12.0. The van der Waals surface area contributed by atoms with Gasteiger partial charge in [-0.05, 0) is 37.7 Å². The highest BCUT2D eigenvalue weighted by molar-refractivity contribution is 7.65. The first-order valence-electron chi connectivity index (χ1n) is 6.14. The van der Waals surface area contributed by atoms with Gasteiger partial charge in [0.05, 0.1) is 13.2 Å². The summed E-state index contributed by atoms with van der Waals surface area (Å²) < 4.78 is 38.9. The minimum atomic E-state index is -3.26. The molecule has 0 aliphatic carbocycles. The smallest absolute Gasteiger partial charge is 0.306 e. The molecule has 0 aromatic rings. The molecule has 0 bridgehead atoms. The van der Waals surface area contributed by atoms with E-state index in [2.05, 4.69) is 6.58 Å². The lowest BCUT2D eigenvalue weighted by atomic mass is 10.2. The van der Waals surface area contributed by atoms with Gasteiger partial charge in [0.25, 0.3) is 5.90 Å². The molecule has 0 saturated carbocycles. The number of unbranched alkanes of at least 4 members (excludes halogenated alkanes) is 2. The Morgan fingerprint density at radius 3 is 2.33 bits per heavy atom. The molecule has 0 aliphatic heterocycles. The SMILES string of the molecule is C=CCCCCO[P+](=O)CP(=O)(OCC)OCC. The van der Waals surface area contributed by atoms with Crippen molar-refractivity contribution in [1.82, 2.24) is 0 Å². The Hall–Kier alpha value is -0.0500. The zero-order valence-electron chi connectivity index (χ0n) is 11.2. The Kier molecular flexibility index (Phi) is 10.8. The van der Waals surface area contributed by atoms with Crippen LogP contribution in [0.4, 0.5) is 0 Å². The molecule has 1 unspecified atom stereocenters. The van der Waals surface area contributed by atoms with Gasteiger partial charge in [-0.1, -0.05) is 6.08 Å². The van der Waals surface area contributed by atoms with E-state index in [9.17, 15) is 9.13 Å². The fourth-order valence-corrected chi connectivity index (χ4v) is 4.56. The van der Waals surface area contributed by atoms with Gasteiger partial charge >= 0.3 is 15.6 Å². The summed E-state index contributed by atoms with van der Waals surface area (Å²) in [4.78, 5) is 0. The molecule has 7 heteroatoms. The first kappa shape index (κ1) is 17.9. The summed E-state index contributed by atoms with van der Waals surface area (Å²) in [5.41, 5.74) is 0. The highest BCUT2D eigenvalue weighted by atomic mass is 31.2. The molecular formula is C11H23O5P2+. The van der Waals surface area contributed by atoms with Crippen LogP contribution in [0.5, 0.6) is 0 Å². The van der Waals surface area contributed by atoms with Crippen molar-refractivity contribution in [3.63, 3.8) is 0 Å². The van der Waals surface area contributed by atoms with Crippen LogP contribution in [0.15, 0.2) is 12.7 Å². The standard InChI is InChI=1S/C11H23O5P2/c1-4-7-8-9-10-14-17(12)11-18(13,15-5-2)16-6-3/h4H,1,5-11H2,2-3H3/q+1. The molecule has 0 fully saturated rings. The first-order valence-corrected chi connectivity index (χ1v) is 9.23. The van der Waals surface area contributed by atoms with Crippen LogP contribution in [0.2, 0.25) is 0 Å². The summed E-state index contributed by atoms with van der Waals surface area (Å²) in [6.45, 7) is 7.97. The molecule has 0 spiro atoms. The molecule has 18 heavy (non-hydrogen) atoms. The molecule has 106 valence electrons. The highest BCUT2D eigenvalue weighted by Crippen LogP contribution is 2.54. The van der Waals surface area contributed by atoms with Gasteiger partial charge in [-0.2, -0.15) is 0 Å². The third-order valence-corrected chi connectivity index (χ3v) is 6.06. The van der Waals surface area contributed by atoms with Crippen LogP contribution in [-0.4, -0.2) is 25.7 Å². The van der Waals surface area contributed by atoms with Crippen LogP contribution in [0, 0.1) is 0 Å². The maximum absolute atomic E-state index is 12.0. The Bertz CT molecular complexity index is 283. The highest BCUT2D eigenvalue weighted by Gasteiger charge is 2.36. The molecule has 1 atom stereocenters. The van der Waals surface area contributed by atoms with Gasteiger partial charge in [0.1, 0.15) is 6.61 Å². The topological polar surface area (TPSA) is 61.8 Å². The molecule has 0 aromatic carbocycles. The van der Waals surface area contributed by atoms with Crippen LogP contribution in [0.3, 0.4) is 0 Å². The van der Waals surface area contributed by atoms with Crippen molar-refractivity contribution < 1.29 is 22.7 Å². The largest absolute Gasteiger partial charge is 0.521 e. The molecule has 0 amide bonds. The third-order valence-electron chi connectivity index (χ3n) is 1.98. The molecule has 0 saturated heterocycles. The van der Waals surface area contributed by atoms with E-state index in [1.165, 1.54) is 0 Å². The van der Waals surface area contributed by atoms with Crippen LogP contribution >= 0.6 is 15.6 Å². The molecule has 0 heterocycles. The molecule has 5 nitrogen and oxygen atoms in total. The lowest BCUT2D eigenvalue weighted by molar-refractivity contribution is 0.222. The number of rotatable bonds is 12. The monoisotopic (exact) mass is 297 g/mol. The van der Waals surface area contributed by atoms with Crippen molar-refractivity contribution >= 4 is 15.6 Å². The van der Waals surface area contributed by atoms with E-state index in [4.69, 9.17) is 13.6 Å². The van der Waals surface area contributed by atoms with E-state index in [1.54, 1.807) is 13.8 Å². The predicted octanol–water partition coefficient (Wildman–Crippen LogP) is 4.33. The second-order valence-electron chi connectivity index (χ2n) is 3.54. The minimum absolute atomic E-state index is 0.175. The zero-order valence-corrected chi connectivity index (χ0v) is 13.0. The second-order valence-corrected chi connectivity index (χ2v) is 7.33. The van der Waals surface area contributed by atoms with E-state index >= 15 is 0 Å². The van der Waals surface area contributed by atoms with E-state index in [-0.39, 0.29) is 19.1 Å². The van der Waals surface area contributed by atoms with Gasteiger partial charge in [0, 0.05) is 0 Å². The van der Waals surface area contributed by atoms with E-state index < -0.39 is 15.6 Å². The molecule has 0 N–H and O–H groups in total. The Labute approximate surface area is 110 Å². The summed E-state index contributed by atoms with van der Waals surface area (Å²) in [5.74, 6) is -0.175. The van der Waals surface area contributed by atoms with Gasteiger partial charge in [-0.3, -0.25) is 4.57 Å². The minimum Gasteiger partial charge on any atom is -0.306 e. The Morgan fingerprint density at radius 1 is 1.22 bits per heavy atom. The van der Waals surface area contributed by atoms with Crippen molar-refractivity contribution in [3.8, 4) is 0 Å². The van der Waals surface area contributed by atoms with Crippen LogP contribution < -0.4 is 0 Å². The number of hydrogen-bond donors (Lipinski definition) is 0. The summed E-state index contributed by atoms with van der Waals surface area (Å²) in [7, 11) is -5.26. The summed E-state index contributed by atoms with van der Waals surface area (Å²) >= 11 is 0. The maximum Gasteiger partial charge on any atom is 0.521 e. The summed E-state index contributed by atoms with van der Waals surface area (Å²) in [6.07, 6.45) is 4.50. The lowest BCUT2D eigenvalue weighted by Gasteiger charge is -2.11. The normalized spacial score (nSPS) is 12.4. The Balaban J connectivity index is 3.95. The predicted molar refractivity (Wildman–Crippen MR) is 73.3 cm³/mol. The molecule has 0 radical (unpaired) electrons. The number of allylic oxidation sites excluding steroid dienone is 1. The second kappa shape index (κ2) is 10.8. The van der Waals surface area contributed by atoms with E-state index in [0.29, 0.717) is 6.61 Å². The Morgan fingerprint density at radius 2 is 1.83 bits per heavy atom. The average molecular weight is 297 g/mol. The van der Waals surface area contributed by atoms with Crippen molar-refractivity contribution in [2.45, 2.75) is 33.1 Å². The molecule has 0 rings (SSSR count). The van der Waals surface area contributed by atoms with Gasteiger partial charge in [0.2, 0.25) is 0 Å². The molecule has 0 aromatic heterocycles.